The number of Topliss-reactive ketones (excluding diaryl/α,β-unsaturated/α-hetero) is 1. The predicted octanol–water partition coefficient (Wildman–Crippen LogP) is 3.71. The first-order valence-corrected chi connectivity index (χ1v) is 9.91. The smallest absolute Gasteiger partial charge is 0.264 e. The molecule has 0 saturated carbocycles. The van der Waals surface area contributed by atoms with Crippen LogP contribution in [0.5, 0.6) is 11.5 Å². The van der Waals surface area contributed by atoms with E-state index in [1.807, 2.05) is 12.1 Å². The van der Waals surface area contributed by atoms with Gasteiger partial charge in [-0.3, -0.25) is 9.59 Å². The van der Waals surface area contributed by atoms with Crippen molar-refractivity contribution in [1.82, 2.24) is 0 Å². The number of hydrogen-bond acceptors (Lipinski definition) is 5. The van der Waals surface area contributed by atoms with E-state index >= 15 is 0 Å². The molecule has 0 aromatic heterocycles. The normalized spacial score (nSPS) is 17.4. The summed E-state index contributed by atoms with van der Waals surface area (Å²) in [5, 5.41) is 11.4. The molecule has 1 heterocycles. The zero-order valence-corrected chi connectivity index (χ0v) is 17.4. The summed E-state index contributed by atoms with van der Waals surface area (Å²) in [4.78, 5) is 27.7. The van der Waals surface area contributed by atoms with Gasteiger partial charge in [0, 0.05) is 11.1 Å². The van der Waals surface area contributed by atoms with Crippen molar-refractivity contribution in [3.63, 3.8) is 0 Å². The van der Waals surface area contributed by atoms with Gasteiger partial charge in [0.2, 0.25) is 0 Å². The van der Waals surface area contributed by atoms with Gasteiger partial charge in [-0.2, -0.15) is 0 Å². The number of methoxy groups -OCH3 is 2. The third-order valence-corrected chi connectivity index (χ3v) is 5.54. The number of hydrogen-bond donors (Lipinski definition) is 1. The van der Waals surface area contributed by atoms with Crippen LogP contribution in [0.25, 0.3) is 0 Å². The molecule has 4 rings (SSSR count). The summed E-state index contributed by atoms with van der Waals surface area (Å²) in [7, 11) is 3.10. The number of carbonyl (C=O) groups is 2. The number of carbonyl (C=O) groups excluding carboxylic acids is 2. The van der Waals surface area contributed by atoms with Crippen LogP contribution in [0.4, 0.5) is 5.69 Å². The quantitative estimate of drug-likeness (QED) is 0.593. The van der Waals surface area contributed by atoms with Crippen molar-refractivity contribution in [3.8, 4) is 11.5 Å². The molecule has 1 amide bonds. The number of anilines is 1. The molecule has 6 nitrogen and oxygen atoms in total. The molecule has 3 aromatic carbocycles. The van der Waals surface area contributed by atoms with Gasteiger partial charge in [0.05, 0.1) is 32.9 Å². The highest BCUT2D eigenvalue weighted by molar-refractivity contribution is 6.10. The van der Waals surface area contributed by atoms with Crippen LogP contribution < -0.4 is 14.4 Å². The van der Waals surface area contributed by atoms with Crippen LogP contribution in [0.2, 0.25) is 0 Å². The number of fused-ring (bicyclic) bond motifs is 1. The summed E-state index contributed by atoms with van der Waals surface area (Å²) in [5.74, 6) is 0.325. The molecule has 0 bridgehead atoms. The first-order chi connectivity index (χ1) is 15.0. The molecule has 158 valence electrons. The Morgan fingerprint density at radius 3 is 2.32 bits per heavy atom. The minimum absolute atomic E-state index is 0.220. The Morgan fingerprint density at radius 1 is 0.935 bits per heavy atom. The second-order valence-electron chi connectivity index (χ2n) is 7.42. The highest BCUT2D eigenvalue weighted by atomic mass is 16.5. The van der Waals surface area contributed by atoms with Crippen molar-refractivity contribution >= 4 is 17.4 Å². The van der Waals surface area contributed by atoms with E-state index in [1.54, 1.807) is 74.9 Å². The van der Waals surface area contributed by atoms with E-state index < -0.39 is 11.5 Å². The van der Waals surface area contributed by atoms with Crippen molar-refractivity contribution in [3.05, 3.63) is 89.5 Å². The van der Waals surface area contributed by atoms with Gasteiger partial charge in [-0.1, -0.05) is 54.6 Å². The maximum absolute atomic E-state index is 13.4. The van der Waals surface area contributed by atoms with E-state index in [9.17, 15) is 14.7 Å². The topological polar surface area (TPSA) is 76.1 Å². The van der Waals surface area contributed by atoms with Crippen LogP contribution in [-0.2, 0) is 16.9 Å². The molecule has 0 saturated heterocycles. The zero-order chi connectivity index (χ0) is 22.0. The Bertz CT molecular complexity index is 1130. The van der Waals surface area contributed by atoms with E-state index in [0.29, 0.717) is 28.3 Å². The van der Waals surface area contributed by atoms with Crippen molar-refractivity contribution in [2.75, 3.05) is 19.1 Å². The molecule has 0 radical (unpaired) electrons. The summed E-state index contributed by atoms with van der Waals surface area (Å²) in [6.45, 7) is 0.220. The average Bonchev–Trinajstić information content (AvgIpc) is 3.01. The monoisotopic (exact) mass is 417 g/mol. The summed E-state index contributed by atoms with van der Waals surface area (Å²) in [6, 6.07) is 21.1. The molecule has 0 unspecified atom stereocenters. The molecule has 1 N–H and O–H groups in total. The van der Waals surface area contributed by atoms with Crippen LogP contribution in [-0.4, -0.2) is 31.0 Å². The van der Waals surface area contributed by atoms with Gasteiger partial charge >= 0.3 is 0 Å². The van der Waals surface area contributed by atoms with Gasteiger partial charge in [0.25, 0.3) is 5.91 Å². The maximum atomic E-state index is 13.4. The largest absolute Gasteiger partial charge is 0.493 e. The zero-order valence-electron chi connectivity index (χ0n) is 17.4. The molecule has 0 aliphatic carbocycles. The number of rotatable bonds is 7. The molecular formula is C25H23NO5. The minimum atomic E-state index is -1.92. The van der Waals surface area contributed by atoms with Gasteiger partial charge in [0.1, 0.15) is 0 Å². The molecule has 3 aromatic rings. The highest BCUT2D eigenvalue weighted by Gasteiger charge is 2.50. The standard InChI is InChI=1S/C25H23NO5/c1-30-22-13-12-17(14-23(22)31-2)16-26-20-11-7-6-10-19(20)25(29,24(26)28)15-21(27)18-8-4-3-5-9-18/h3-14,29H,15-16H2,1-2H3/t25-/m0/s1. The van der Waals surface area contributed by atoms with Crippen LogP contribution >= 0.6 is 0 Å². The number of aliphatic hydroxyl groups is 1. The molecule has 31 heavy (non-hydrogen) atoms. The molecule has 6 heteroatoms. The predicted molar refractivity (Wildman–Crippen MR) is 116 cm³/mol. The van der Waals surface area contributed by atoms with Crippen molar-refractivity contribution < 1.29 is 24.2 Å². The van der Waals surface area contributed by atoms with Crippen LogP contribution in [0.3, 0.4) is 0 Å². The fraction of sp³-hybridized carbons (Fsp3) is 0.200. The molecule has 1 aliphatic rings. The summed E-state index contributed by atoms with van der Waals surface area (Å²) >= 11 is 0. The first-order valence-electron chi connectivity index (χ1n) is 9.91. The number of nitrogens with zero attached hydrogens (tertiary/aromatic N) is 1. The Balaban J connectivity index is 1.67. The SMILES string of the molecule is COc1ccc(CN2C(=O)[C@](O)(CC(=O)c3ccccc3)c3ccccc32)cc1OC. The van der Waals surface area contributed by atoms with Gasteiger partial charge in [0.15, 0.2) is 22.9 Å². The number of ether oxygens (including phenoxy) is 2. The van der Waals surface area contributed by atoms with Gasteiger partial charge in [-0.25, -0.2) is 0 Å². The summed E-state index contributed by atoms with van der Waals surface area (Å²) < 4.78 is 10.6. The average molecular weight is 417 g/mol. The van der Waals surface area contributed by atoms with E-state index in [4.69, 9.17) is 9.47 Å². The van der Waals surface area contributed by atoms with E-state index in [1.165, 1.54) is 4.90 Å². The third kappa shape index (κ3) is 3.66. The van der Waals surface area contributed by atoms with Crippen molar-refractivity contribution in [2.24, 2.45) is 0 Å². The lowest BCUT2D eigenvalue weighted by atomic mass is 9.88. The fourth-order valence-corrected chi connectivity index (χ4v) is 3.95. The Kier molecular flexibility index (Phi) is 5.48. The van der Waals surface area contributed by atoms with E-state index in [0.717, 1.165) is 5.56 Å². The lowest BCUT2D eigenvalue weighted by Gasteiger charge is -2.23. The first kappa shape index (κ1) is 20.6. The Hall–Kier alpha value is -3.64. The van der Waals surface area contributed by atoms with Crippen molar-refractivity contribution in [2.45, 2.75) is 18.6 Å². The van der Waals surface area contributed by atoms with Gasteiger partial charge in [-0.05, 0) is 23.8 Å². The Labute approximate surface area is 180 Å². The van der Waals surface area contributed by atoms with Crippen LogP contribution in [0.15, 0.2) is 72.8 Å². The third-order valence-electron chi connectivity index (χ3n) is 5.54. The number of benzene rings is 3. The van der Waals surface area contributed by atoms with Crippen molar-refractivity contribution in [1.29, 1.82) is 0 Å². The molecular weight excluding hydrogens is 394 g/mol. The molecule has 0 spiro atoms. The molecule has 1 aliphatic heterocycles. The van der Waals surface area contributed by atoms with E-state index in [2.05, 4.69) is 0 Å². The van der Waals surface area contributed by atoms with Crippen LogP contribution in [0, 0.1) is 0 Å². The fourth-order valence-electron chi connectivity index (χ4n) is 3.95. The second kappa shape index (κ2) is 8.24. The number of ketones is 1. The minimum Gasteiger partial charge on any atom is -0.493 e. The molecule has 1 atom stereocenters. The summed E-state index contributed by atoms with van der Waals surface area (Å²) in [5.41, 5.74) is 0.370. The number of para-hydroxylation sites is 1. The van der Waals surface area contributed by atoms with Gasteiger partial charge < -0.3 is 19.5 Å². The second-order valence-corrected chi connectivity index (χ2v) is 7.42. The van der Waals surface area contributed by atoms with Gasteiger partial charge in [-0.15, -0.1) is 0 Å². The maximum Gasteiger partial charge on any atom is 0.264 e. The highest BCUT2D eigenvalue weighted by Crippen LogP contribution is 2.43. The summed E-state index contributed by atoms with van der Waals surface area (Å²) in [6.07, 6.45) is -0.324. The molecule has 0 fully saturated rings. The lowest BCUT2D eigenvalue weighted by Crippen LogP contribution is -2.41. The Morgan fingerprint density at radius 2 is 1.61 bits per heavy atom. The number of amides is 1. The lowest BCUT2D eigenvalue weighted by molar-refractivity contribution is -0.136. The van der Waals surface area contributed by atoms with Crippen LogP contribution in [0.1, 0.15) is 27.9 Å². The van der Waals surface area contributed by atoms with E-state index in [-0.39, 0.29) is 18.7 Å².